The molecule has 1 atom stereocenters. The Hall–Kier alpha value is -1.10. The van der Waals surface area contributed by atoms with E-state index in [1.165, 1.54) is 36.0 Å². The lowest BCUT2D eigenvalue weighted by Crippen LogP contribution is -2.43. The van der Waals surface area contributed by atoms with E-state index in [-0.39, 0.29) is 12.4 Å². The minimum atomic E-state index is 0. The van der Waals surface area contributed by atoms with Gasteiger partial charge in [-0.1, -0.05) is 18.2 Å². The fraction of sp³-hybridized carbons (Fsp3) is 0.562. The molecular formula is C16H25ClN4. The average molecular weight is 309 g/mol. The van der Waals surface area contributed by atoms with E-state index in [9.17, 15) is 0 Å². The first-order chi connectivity index (χ1) is 9.81. The molecule has 0 radical (unpaired) electrons. The topological polar surface area (TPSA) is 33.1 Å². The maximum absolute atomic E-state index is 4.81. The average Bonchev–Trinajstić information content (AvgIpc) is 2.86. The van der Waals surface area contributed by atoms with Gasteiger partial charge in [0.05, 0.1) is 11.2 Å². The molecule has 0 aliphatic carbocycles. The highest BCUT2D eigenvalue weighted by molar-refractivity contribution is 5.85. The van der Waals surface area contributed by atoms with Gasteiger partial charge in [0.15, 0.2) is 0 Å². The second-order valence-corrected chi connectivity index (χ2v) is 5.64. The molecule has 1 aromatic carbocycles. The zero-order chi connectivity index (χ0) is 13.9. The number of halogens is 1. The molecule has 1 saturated heterocycles. The monoisotopic (exact) mass is 308 g/mol. The van der Waals surface area contributed by atoms with Crippen molar-refractivity contribution in [2.45, 2.75) is 38.9 Å². The Morgan fingerprint density at radius 3 is 2.90 bits per heavy atom. The van der Waals surface area contributed by atoms with E-state index in [0.717, 1.165) is 19.6 Å². The van der Waals surface area contributed by atoms with Gasteiger partial charge in [0, 0.05) is 31.1 Å². The number of aryl methyl sites for hydroxylation is 1. The van der Waals surface area contributed by atoms with Gasteiger partial charge < -0.3 is 5.32 Å². The molecule has 1 N–H and O–H groups in total. The van der Waals surface area contributed by atoms with E-state index in [4.69, 9.17) is 5.10 Å². The standard InChI is InChI=1S/C16H24N4.ClH/c1-3-20-16-9-5-4-8-14(16)15(18-20)12-19-10-6-7-13(11-19)17-2;/h4-5,8-9,13,17H,3,6-7,10-12H2,1-2H3;1H. The lowest BCUT2D eigenvalue weighted by molar-refractivity contribution is 0.186. The van der Waals surface area contributed by atoms with Crippen LogP contribution < -0.4 is 5.32 Å². The van der Waals surface area contributed by atoms with E-state index in [1.54, 1.807) is 0 Å². The van der Waals surface area contributed by atoms with Crippen LogP contribution in [-0.2, 0) is 13.1 Å². The highest BCUT2D eigenvalue weighted by atomic mass is 35.5. The van der Waals surface area contributed by atoms with Crippen molar-refractivity contribution < 1.29 is 0 Å². The first kappa shape index (κ1) is 16.3. The number of likely N-dealkylation sites (N-methyl/N-ethyl adjacent to an activating group) is 1. The number of piperidine rings is 1. The summed E-state index contributed by atoms with van der Waals surface area (Å²) in [4.78, 5) is 2.53. The number of aromatic nitrogens is 2. The Morgan fingerprint density at radius 1 is 1.33 bits per heavy atom. The number of hydrogen-bond donors (Lipinski definition) is 1. The Balaban J connectivity index is 0.00000161. The highest BCUT2D eigenvalue weighted by Crippen LogP contribution is 2.21. The summed E-state index contributed by atoms with van der Waals surface area (Å²) in [6.45, 7) is 6.36. The van der Waals surface area contributed by atoms with Gasteiger partial charge in [-0.25, -0.2) is 0 Å². The maximum Gasteiger partial charge on any atom is 0.0843 e. The third kappa shape index (κ3) is 3.39. The highest BCUT2D eigenvalue weighted by Gasteiger charge is 2.20. The maximum atomic E-state index is 4.81. The number of hydrogen-bond acceptors (Lipinski definition) is 3. The molecule has 116 valence electrons. The van der Waals surface area contributed by atoms with E-state index >= 15 is 0 Å². The van der Waals surface area contributed by atoms with E-state index in [2.05, 4.69) is 53.1 Å². The lowest BCUT2D eigenvalue weighted by atomic mass is 10.1. The van der Waals surface area contributed by atoms with E-state index < -0.39 is 0 Å². The second kappa shape index (κ2) is 7.25. The molecule has 1 unspecified atom stereocenters. The quantitative estimate of drug-likeness (QED) is 0.942. The number of para-hydroxylation sites is 1. The van der Waals surface area contributed by atoms with Crippen molar-refractivity contribution in [2.75, 3.05) is 20.1 Å². The summed E-state index contributed by atoms with van der Waals surface area (Å²) in [6, 6.07) is 9.20. The summed E-state index contributed by atoms with van der Waals surface area (Å²) < 4.78 is 2.12. The van der Waals surface area contributed by atoms with Gasteiger partial charge in [0.25, 0.3) is 0 Å². The molecule has 5 heteroatoms. The van der Waals surface area contributed by atoms with Gasteiger partial charge in [0.2, 0.25) is 0 Å². The number of benzene rings is 1. The third-order valence-corrected chi connectivity index (χ3v) is 4.32. The number of likely N-dealkylation sites (tertiary alicyclic amines) is 1. The molecule has 1 fully saturated rings. The van der Waals surface area contributed by atoms with Crippen molar-refractivity contribution in [2.24, 2.45) is 0 Å². The van der Waals surface area contributed by atoms with Crippen LogP contribution in [0.2, 0.25) is 0 Å². The summed E-state index contributed by atoms with van der Waals surface area (Å²) in [7, 11) is 2.06. The fourth-order valence-electron chi connectivity index (χ4n) is 3.20. The molecule has 3 rings (SSSR count). The minimum Gasteiger partial charge on any atom is -0.316 e. The number of rotatable bonds is 4. The number of nitrogens with one attached hydrogen (secondary N) is 1. The predicted octanol–water partition coefficient (Wildman–Crippen LogP) is 2.66. The van der Waals surface area contributed by atoms with Crippen LogP contribution in [0.25, 0.3) is 10.9 Å². The molecule has 2 aromatic rings. The Labute approximate surface area is 132 Å². The van der Waals surface area contributed by atoms with Gasteiger partial charge in [-0.15, -0.1) is 12.4 Å². The SMILES string of the molecule is CCn1nc(CN2CCCC(NC)C2)c2ccccc21.Cl. The van der Waals surface area contributed by atoms with E-state index in [0.29, 0.717) is 6.04 Å². The van der Waals surface area contributed by atoms with Gasteiger partial charge in [-0.05, 0) is 39.4 Å². The van der Waals surface area contributed by atoms with Crippen LogP contribution in [0, 0.1) is 0 Å². The van der Waals surface area contributed by atoms with Gasteiger partial charge in [-0.3, -0.25) is 9.58 Å². The first-order valence-corrected chi connectivity index (χ1v) is 7.66. The molecule has 1 aliphatic rings. The fourth-order valence-corrected chi connectivity index (χ4v) is 3.20. The molecule has 2 heterocycles. The second-order valence-electron chi connectivity index (χ2n) is 5.64. The molecule has 4 nitrogen and oxygen atoms in total. The van der Waals surface area contributed by atoms with Crippen LogP contribution in [0.15, 0.2) is 24.3 Å². The molecule has 0 amide bonds. The number of nitrogens with zero attached hydrogens (tertiary/aromatic N) is 3. The predicted molar refractivity (Wildman–Crippen MR) is 90.0 cm³/mol. The van der Waals surface area contributed by atoms with E-state index in [1.807, 2.05) is 0 Å². The van der Waals surface area contributed by atoms with Crippen molar-refractivity contribution in [1.82, 2.24) is 20.0 Å². The summed E-state index contributed by atoms with van der Waals surface area (Å²) in [5.74, 6) is 0. The Bertz CT molecular complexity index is 581. The van der Waals surface area contributed by atoms with Crippen molar-refractivity contribution >= 4 is 23.3 Å². The molecule has 0 bridgehead atoms. The smallest absolute Gasteiger partial charge is 0.0843 e. The van der Waals surface area contributed by atoms with Crippen LogP contribution in [0.4, 0.5) is 0 Å². The van der Waals surface area contributed by atoms with Crippen LogP contribution in [-0.4, -0.2) is 40.9 Å². The summed E-state index contributed by atoms with van der Waals surface area (Å²) >= 11 is 0. The largest absolute Gasteiger partial charge is 0.316 e. The Kier molecular flexibility index (Phi) is 5.62. The van der Waals surface area contributed by atoms with Crippen molar-refractivity contribution in [1.29, 1.82) is 0 Å². The lowest BCUT2D eigenvalue weighted by Gasteiger charge is -2.32. The zero-order valence-corrected chi connectivity index (χ0v) is 13.7. The van der Waals surface area contributed by atoms with Gasteiger partial charge in [-0.2, -0.15) is 5.10 Å². The van der Waals surface area contributed by atoms with Crippen LogP contribution in [0.5, 0.6) is 0 Å². The zero-order valence-electron chi connectivity index (χ0n) is 12.9. The molecule has 21 heavy (non-hydrogen) atoms. The minimum absolute atomic E-state index is 0. The molecule has 0 saturated carbocycles. The summed E-state index contributed by atoms with van der Waals surface area (Å²) in [5.41, 5.74) is 2.48. The molecule has 0 spiro atoms. The third-order valence-electron chi connectivity index (χ3n) is 4.32. The number of fused-ring (bicyclic) bond motifs is 1. The van der Waals surface area contributed by atoms with Crippen LogP contribution >= 0.6 is 12.4 Å². The summed E-state index contributed by atoms with van der Waals surface area (Å²) in [5, 5.41) is 9.52. The van der Waals surface area contributed by atoms with Gasteiger partial charge >= 0.3 is 0 Å². The van der Waals surface area contributed by atoms with Crippen molar-refractivity contribution in [3.8, 4) is 0 Å². The van der Waals surface area contributed by atoms with Crippen molar-refractivity contribution in [3.05, 3.63) is 30.0 Å². The molecule has 1 aromatic heterocycles. The van der Waals surface area contributed by atoms with Crippen LogP contribution in [0.1, 0.15) is 25.5 Å². The molecule has 1 aliphatic heterocycles. The molecular weight excluding hydrogens is 284 g/mol. The van der Waals surface area contributed by atoms with Crippen LogP contribution in [0.3, 0.4) is 0 Å². The van der Waals surface area contributed by atoms with Crippen molar-refractivity contribution in [3.63, 3.8) is 0 Å². The normalized spacial score (nSPS) is 19.6. The first-order valence-electron chi connectivity index (χ1n) is 7.66. The summed E-state index contributed by atoms with van der Waals surface area (Å²) in [6.07, 6.45) is 2.56. The Morgan fingerprint density at radius 2 is 2.14 bits per heavy atom. The van der Waals surface area contributed by atoms with Gasteiger partial charge in [0.1, 0.15) is 0 Å².